The maximum atomic E-state index is 11.5. The van der Waals surface area contributed by atoms with Crippen LogP contribution in [0.2, 0.25) is 0 Å². The average molecular weight is 189 g/mol. The minimum atomic E-state index is 0.262. The molecule has 74 valence electrons. The first-order valence-corrected chi connectivity index (χ1v) is 5.15. The molecule has 1 heterocycles. The number of rotatable bonds is 3. The molecule has 2 rings (SSSR count). The molecule has 1 aliphatic heterocycles. The minimum absolute atomic E-state index is 0.262. The van der Waals surface area contributed by atoms with Gasteiger partial charge in [0.1, 0.15) is 0 Å². The van der Waals surface area contributed by atoms with E-state index in [-0.39, 0.29) is 5.91 Å². The molecule has 0 spiro atoms. The first-order valence-electron chi connectivity index (χ1n) is 5.15. The quantitative estimate of drug-likeness (QED) is 0.662. The van der Waals surface area contributed by atoms with Crippen LogP contribution >= 0.6 is 0 Å². The van der Waals surface area contributed by atoms with Gasteiger partial charge in [-0.05, 0) is 17.5 Å². The second kappa shape index (κ2) is 3.82. The lowest BCUT2D eigenvalue weighted by Gasteiger charge is -2.03. The van der Waals surface area contributed by atoms with Crippen molar-refractivity contribution < 1.29 is 4.79 Å². The third kappa shape index (κ3) is 2.13. The number of amides is 1. The number of aryl methyl sites for hydroxylation is 1. The monoisotopic (exact) mass is 189 g/mol. The zero-order valence-corrected chi connectivity index (χ0v) is 8.49. The van der Waals surface area contributed by atoms with Crippen LogP contribution in [0.3, 0.4) is 0 Å². The lowest BCUT2D eigenvalue weighted by molar-refractivity contribution is -0.125. The van der Waals surface area contributed by atoms with E-state index in [9.17, 15) is 4.79 Å². The maximum absolute atomic E-state index is 11.5. The van der Waals surface area contributed by atoms with Crippen molar-refractivity contribution in [2.75, 3.05) is 13.1 Å². The second-order valence-corrected chi connectivity index (χ2v) is 3.73. The molecule has 0 N–H and O–H groups in total. The Labute approximate surface area is 84.5 Å². The van der Waals surface area contributed by atoms with E-state index in [4.69, 9.17) is 0 Å². The molecule has 14 heavy (non-hydrogen) atoms. The van der Waals surface area contributed by atoms with Crippen molar-refractivity contribution in [3.8, 4) is 0 Å². The van der Waals surface area contributed by atoms with Crippen LogP contribution in [0, 0.1) is 0 Å². The van der Waals surface area contributed by atoms with Gasteiger partial charge in [-0.2, -0.15) is 0 Å². The molecule has 1 saturated heterocycles. The number of hydrogen-bond acceptors (Lipinski definition) is 1. The predicted octanol–water partition coefficient (Wildman–Crippen LogP) is 1.63. The van der Waals surface area contributed by atoms with Crippen molar-refractivity contribution in [3.63, 3.8) is 0 Å². The standard InChI is InChI=1S/C12H15NO/c1-2-10-4-3-5-11(8-10)9-12(14)13-6-7-13/h3-5,8H,2,6-7,9H2,1H3. The fourth-order valence-electron chi connectivity index (χ4n) is 1.55. The van der Waals surface area contributed by atoms with Gasteiger partial charge < -0.3 is 4.90 Å². The molecule has 1 fully saturated rings. The molecule has 0 radical (unpaired) electrons. The van der Waals surface area contributed by atoms with E-state index < -0.39 is 0 Å². The number of carbonyl (C=O) groups excluding carboxylic acids is 1. The van der Waals surface area contributed by atoms with Crippen LogP contribution in [0.4, 0.5) is 0 Å². The summed E-state index contributed by atoms with van der Waals surface area (Å²) in [4.78, 5) is 13.4. The van der Waals surface area contributed by atoms with Crippen LogP contribution in [-0.4, -0.2) is 23.9 Å². The Bertz CT molecular complexity index is 342. The predicted molar refractivity (Wildman–Crippen MR) is 56.1 cm³/mol. The Morgan fingerprint density at radius 2 is 2.07 bits per heavy atom. The fraction of sp³-hybridized carbons (Fsp3) is 0.417. The van der Waals surface area contributed by atoms with E-state index in [0.717, 1.165) is 25.1 Å². The van der Waals surface area contributed by atoms with Crippen LogP contribution in [-0.2, 0) is 17.6 Å². The Hall–Kier alpha value is -1.31. The molecular formula is C12H15NO. The molecule has 0 aliphatic carbocycles. The van der Waals surface area contributed by atoms with Crippen molar-refractivity contribution in [3.05, 3.63) is 35.4 Å². The van der Waals surface area contributed by atoms with E-state index in [1.54, 1.807) is 0 Å². The molecule has 2 nitrogen and oxygen atoms in total. The highest BCUT2D eigenvalue weighted by Gasteiger charge is 2.23. The molecule has 0 atom stereocenters. The average Bonchev–Trinajstić information content (AvgIpc) is 3.01. The Kier molecular flexibility index (Phi) is 2.53. The molecule has 1 amide bonds. The summed E-state index contributed by atoms with van der Waals surface area (Å²) in [6.45, 7) is 4.03. The van der Waals surface area contributed by atoms with Crippen molar-refractivity contribution in [1.82, 2.24) is 4.90 Å². The summed E-state index contributed by atoms with van der Waals surface area (Å²) in [6.07, 6.45) is 1.60. The maximum Gasteiger partial charge on any atom is 0.227 e. The van der Waals surface area contributed by atoms with Gasteiger partial charge in [0.2, 0.25) is 5.91 Å². The van der Waals surface area contributed by atoms with E-state index in [1.165, 1.54) is 5.56 Å². The first kappa shape index (κ1) is 9.25. The third-order valence-corrected chi connectivity index (χ3v) is 2.55. The van der Waals surface area contributed by atoms with Crippen molar-refractivity contribution in [2.24, 2.45) is 0 Å². The Morgan fingerprint density at radius 1 is 1.36 bits per heavy atom. The molecule has 1 aromatic carbocycles. The molecule has 2 heteroatoms. The van der Waals surface area contributed by atoms with Gasteiger partial charge in [-0.3, -0.25) is 4.79 Å². The van der Waals surface area contributed by atoms with Crippen molar-refractivity contribution >= 4 is 5.91 Å². The summed E-state index contributed by atoms with van der Waals surface area (Å²) in [5.41, 5.74) is 2.45. The van der Waals surface area contributed by atoms with Gasteiger partial charge in [-0.1, -0.05) is 31.2 Å². The molecule has 0 saturated carbocycles. The van der Waals surface area contributed by atoms with Crippen LogP contribution in [0.1, 0.15) is 18.1 Å². The van der Waals surface area contributed by atoms with Crippen LogP contribution in [0.15, 0.2) is 24.3 Å². The van der Waals surface area contributed by atoms with Gasteiger partial charge in [0, 0.05) is 13.1 Å². The zero-order valence-electron chi connectivity index (χ0n) is 8.49. The Balaban J connectivity index is 2.04. The highest BCUT2D eigenvalue weighted by atomic mass is 16.2. The van der Waals surface area contributed by atoms with Gasteiger partial charge in [-0.25, -0.2) is 0 Å². The lowest BCUT2D eigenvalue weighted by Crippen LogP contribution is -2.13. The second-order valence-electron chi connectivity index (χ2n) is 3.73. The molecule has 1 aromatic rings. The zero-order chi connectivity index (χ0) is 9.97. The molecule has 0 bridgehead atoms. The highest BCUT2D eigenvalue weighted by molar-refractivity contribution is 5.80. The summed E-state index contributed by atoms with van der Waals surface area (Å²) in [7, 11) is 0. The summed E-state index contributed by atoms with van der Waals surface area (Å²) < 4.78 is 0. The minimum Gasteiger partial charge on any atom is -0.339 e. The van der Waals surface area contributed by atoms with Gasteiger partial charge in [-0.15, -0.1) is 0 Å². The summed E-state index contributed by atoms with van der Waals surface area (Å²) in [6, 6.07) is 8.29. The number of carbonyl (C=O) groups is 1. The summed E-state index contributed by atoms with van der Waals surface area (Å²) in [5.74, 6) is 0.262. The third-order valence-electron chi connectivity index (χ3n) is 2.55. The van der Waals surface area contributed by atoms with Crippen molar-refractivity contribution in [1.29, 1.82) is 0 Å². The normalized spacial score (nSPS) is 14.2. The topological polar surface area (TPSA) is 20.1 Å². The van der Waals surface area contributed by atoms with E-state index >= 15 is 0 Å². The molecule has 1 aliphatic rings. The van der Waals surface area contributed by atoms with Gasteiger partial charge >= 0.3 is 0 Å². The fourth-order valence-corrected chi connectivity index (χ4v) is 1.55. The van der Waals surface area contributed by atoms with E-state index in [1.807, 2.05) is 17.0 Å². The number of benzene rings is 1. The summed E-state index contributed by atoms with van der Waals surface area (Å²) >= 11 is 0. The molecule has 0 aromatic heterocycles. The molecule has 0 unspecified atom stereocenters. The lowest BCUT2D eigenvalue weighted by atomic mass is 10.1. The van der Waals surface area contributed by atoms with Crippen molar-refractivity contribution in [2.45, 2.75) is 19.8 Å². The van der Waals surface area contributed by atoms with Crippen LogP contribution in [0.5, 0.6) is 0 Å². The number of hydrogen-bond donors (Lipinski definition) is 0. The first-order chi connectivity index (χ1) is 6.79. The van der Waals surface area contributed by atoms with Gasteiger partial charge in [0.15, 0.2) is 0 Å². The smallest absolute Gasteiger partial charge is 0.227 e. The van der Waals surface area contributed by atoms with Crippen LogP contribution in [0.25, 0.3) is 0 Å². The largest absolute Gasteiger partial charge is 0.339 e. The SMILES string of the molecule is CCc1cccc(CC(=O)N2CC2)c1. The van der Waals surface area contributed by atoms with Gasteiger partial charge in [0.05, 0.1) is 6.42 Å². The number of nitrogens with zero attached hydrogens (tertiary/aromatic N) is 1. The van der Waals surface area contributed by atoms with E-state index in [2.05, 4.69) is 19.1 Å². The molecular weight excluding hydrogens is 174 g/mol. The highest BCUT2D eigenvalue weighted by Crippen LogP contribution is 2.11. The van der Waals surface area contributed by atoms with Gasteiger partial charge in [0.25, 0.3) is 0 Å². The summed E-state index contributed by atoms with van der Waals surface area (Å²) in [5, 5.41) is 0. The van der Waals surface area contributed by atoms with Crippen LogP contribution < -0.4 is 0 Å². The Morgan fingerprint density at radius 3 is 2.71 bits per heavy atom. The van der Waals surface area contributed by atoms with E-state index in [0.29, 0.717) is 6.42 Å².